The molecule has 4 heterocycles. The molecule has 0 N–H and O–H groups in total. The number of aryl methyl sites for hydroxylation is 2. The summed E-state index contributed by atoms with van der Waals surface area (Å²) in [5.41, 5.74) is 5.90. The fourth-order valence-corrected chi connectivity index (χ4v) is 6.52. The average molecular weight is 539 g/mol. The van der Waals surface area contributed by atoms with Crippen molar-refractivity contribution in [2.24, 2.45) is 0 Å². The quantitative estimate of drug-likeness (QED) is 0.243. The number of rotatable bonds is 4. The third kappa shape index (κ3) is 3.69. The van der Waals surface area contributed by atoms with Crippen LogP contribution in [0.5, 0.6) is 17.2 Å². The van der Waals surface area contributed by atoms with Crippen molar-refractivity contribution < 1.29 is 23.3 Å². The number of hydrogen-bond acceptors (Lipinski definition) is 3. The lowest BCUT2D eigenvalue weighted by Crippen LogP contribution is -2.72. The van der Waals surface area contributed by atoms with Crippen LogP contribution in [0.1, 0.15) is 11.4 Å². The van der Waals surface area contributed by atoms with Gasteiger partial charge in [0.25, 0.3) is 17.6 Å². The molecule has 4 aromatic carbocycles. The lowest BCUT2D eigenvalue weighted by molar-refractivity contribution is -0.840. The molecule has 0 amide bonds. The van der Waals surface area contributed by atoms with Crippen molar-refractivity contribution in [2.45, 2.75) is 32.2 Å². The summed E-state index contributed by atoms with van der Waals surface area (Å²) < 4.78 is 25.2. The Kier molecular flexibility index (Phi) is 5.29. The van der Waals surface area contributed by atoms with Gasteiger partial charge in [-0.15, -0.1) is 4.57 Å². The second-order valence-electron chi connectivity index (χ2n) is 11.0. The number of benzene rings is 4. The third-order valence-electron chi connectivity index (χ3n) is 8.53. The molecule has 5 nitrogen and oxygen atoms in total. The molecule has 0 bridgehead atoms. The van der Waals surface area contributed by atoms with Gasteiger partial charge in [-0.1, -0.05) is 54.6 Å². The fraction of sp³-hybridized carbons (Fsp3) is 0.167. The van der Waals surface area contributed by atoms with E-state index in [1.807, 2.05) is 18.2 Å². The topological polar surface area (TPSA) is 35.5 Å². The number of hydrogen-bond donors (Lipinski definition) is 0. The molecule has 2 aromatic heterocycles. The molecule has 0 saturated heterocycles. The van der Waals surface area contributed by atoms with E-state index in [0.29, 0.717) is 13.2 Å². The number of aromatic nitrogens is 2. The first-order valence-electron chi connectivity index (χ1n) is 14.1. The van der Waals surface area contributed by atoms with Crippen LogP contribution in [0.3, 0.4) is 0 Å². The molecule has 2 unspecified atom stereocenters. The second kappa shape index (κ2) is 9.07. The van der Waals surface area contributed by atoms with Crippen LogP contribution in [-0.2, 0) is 12.3 Å². The van der Waals surface area contributed by atoms with Crippen molar-refractivity contribution in [3.8, 4) is 28.4 Å². The van der Waals surface area contributed by atoms with Crippen molar-refractivity contribution in [2.75, 3.05) is 6.61 Å². The summed E-state index contributed by atoms with van der Waals surface area (Å²) in [5.74, 6) is 2.49. The molecular weight excluding hydrogens is 508 g/mol. The Morgan fingerprint density at radius 3 is 2.15 bits per heavy atom. The van der Waals surface area contributed by atoms with Gasteiger partial charge in [-0.2, -0.15) is 4.57 Å². The molecule has 0 saturated carbocycles. The largest absolute Gasteiger partial charge is 0.489 e. The van der Waals surface area contributed by atoms with E-state index in [0.717, 1.165) is 56.0 Å². The number of pyridine rings is 2. The van der Waals surface area contributed by atoms with Gasteiger partial charge in [-0.05, 0) is 59.7 Å². The smallest absolute Gasteiger partial charge is 0.413 e. The fourth-order valence-electron chi connectivity index (χ4n) is 6.52. The Morgan fingerprint density at radius 1 is 0.683 bits per heavy atom. The van der Waals surface area contributed by atoms with E-state index in [4.69, 9.17) is 14.2 Å². The SMILES string of the molecule is Cc1ccc2cccc3c2[n+]1CC1(Oc2cccc4ccc(C)[n+]1c24)C(COc1ccc(-c2ccccc2)cc1)O3. The molecule has 0 fully saturated rings. The number of ether oxygens (including phenoxy) is 3. The summed E-state index contributed by atoms with van der Waals surface area (Å²) >= 11 is 0. The number of fused-ring (bicyclic) bond motifs is 1. The molecule has 8 rings (SSSR count). The van der Waals surface area contributed by atoms with Crippen LogP contribution in [0, 0.1) is 13.8 Å². The minimum absolute atomic E-state index is 0.311. The zero-order chi connectivity index (χ0) is 27.6. The number of nitrogens with zero attached hydrogens (tertiary/aromatic N) is 2. The normalized spacial score (nSPS) is 18.7. The summed E-state index contributed by atoms with van der Waals surface area (Å²) in [5, 5.41) is 2.28. The van der Waals surface area contributed by atoms with E-state index in [1.165, 1.54) is 5.56 Å². The van der Waals surface area contributed by atoms with E-state index >= 15 is 0 Å². The van der Waals surface area contributed by atoms with Crippen molar-refractivity contribution in [1.29, 1.82) is 0 Å². The van der Waals surface area contributed by atoms with E-state index in [1.54, 1.807) is 0 Å². The van der Waals surface area contributed by atoms with E-state index in [2.05, 4.69) is 120 Å². The van der Waals surface area contributed by atoms with Gasteiger partial charge in [0, 0.05) is 26.0 Å². The summed E-state index contributed by atoms with van der Waals surface area (Å²) in [6.07, 6.45) is -0.442. The van der Waals surface area contributed by atoms with Crippen molar-refractivity contribution in [3.05, 3.63) is 127 Å². The van der Waals surface area contributed by atoms with Crippen molar-refractivity contribution >= 4 is 21.8 Å². The van der Waals surface area contributed by atoms with Gasteiger partial charge in [0.2, 0.25) is 6.10 Å². The van der Waals surface area contributed by atoms with E-state index in [9.17, 15) is 0 Å². The van der Waals surface area contributed by atoms with Crippen LogP contribution in [0.2, 0.25) is 0 Å². The van der Waals surface area contributed by atoms with Crippen LogP contribution in [-0.4, -0.2) is 12.7 Å². The first-order valence-corrected chi connectivity index (χ1v) is 14.1. The molecule has 0 radical (unpaired) electrons. The third-order valence-corrected chi connectivity index (χ3v) is 8.53. The van der Waals surface area contributed by atoms with Gasteiger partial charge in [-0.25, -0.2) is 0 Å². The Hall–Kier alpha value is -4.90. The molecule has 5 heteroatoms. The lowest BCUT2D eigenvalue weighted by Gasteiger charge is -2.28. The van der Waals surface area contributed by atoms with E-state index < -0.39 is 11.8 Å². The summed E-state index contributed by atoms with van der Waals surface area (Å²) in [6.45, 7) is 5.18. The highest BCUT2D eigenvalue weighted by atomic mass is 16.6. The van der Waals surface area contributed by atoms with Gasteiger partial charge in [0.05, 0.1) is 10.8 Å². The lowest BCUT2D eigenvalue weighted by atomic mass is 10.0. The Labute approximate surface area is 238 Å². The maximum atomic E-state index is 7.04. The summed E-state index contributed by atoms with van der Waals surface area (Å²) in [7, 11) is 0. The number of para-hydroxylation sites is 2. The van der Waals surface area contributed by atoms with Crippen LogP contribution in [0.15, 0.2) is 115 Å². The van der Waals surface area contributed by atoms with Crippen molar-refractivity contribution in [3.63, 3.8) is 0 Å². The minimum Gasteiger partial charge on any atom is -0.489 e. The predicted octanol–water partition coefficient (Wildman–Crippen LogP) is 6.44. The summed E-state index contributed by atoms with van der Waals surface area (Å²) in [4.78, 5) is 0. The molecule has 2 aliphatic rings. The minimum atomic E-state index is -0.861. The zero-order valence-corrected chi connectivity index (χ0v) is 23.1. The molecule has 41 heavy (non-hydrogen) atoms. The predicted molar refractivity (Wildman–Crippen MR) is 158 cm³/mol. The Bertz CT molecular complexity index is 1940. The van der Waals surface area contributed by atoms with Crippen LogP contribution in [0.25, 0.3) is 32.9 Å². The average Bonchev–Trinajstić information content (AvgIpc) is 3.28. The first-order chi connectivity index (χ1) is 20.1. The van der Waals surface area contributed by atoms with E-state index in [-0.39, 0.29) is 0 Å². The Morgan fingerprint density at radius 2 is 1.37 bits per heavy atom. The van der Waals surface area contributed by atoms with Gasteiger partial charge in [0.1, 0.15) is 12.4 Å². The molecule has 6 aromatic rings. The van der Waals surface area contributed by atoms with Gasteiger partial charge >= 0.3 is 5.72 Å². The van der Waals surface area contributed by atoms with Crippen LogP contribution < -0.4 is 23.3 Å². The second-order valence-corrected chi connectivity index (χ2v) is 11.0. The van der Waals surface area contributed by atoms with Crippen LogP contribution >= 0.6 is 0 Å². The molecule has 0 aliphatic carbocycles. The maximum absolute atomic E-state index is 7.04. The van der Waals surface area contributed by atoms with Crippen molar-refractivity contribution in [1.82, 2.24) is 0 Å². The maximum Gasteiger partial charge on any atom is 0.413 e. The van der Waals surface area contributed by atoms with Gasteiger partial charge < -0.3 is 14.2 Å². The molecule has 2 atom stereocenters. The zero-order valence-electron chi connectivity index (χ0n) is 23.1. The Balaban J connectivity index is 1.24. The van der Waals surface area contributed by atoms with Gasteiger partial charge in [0.15, 0.2) is 22.9 Å². The standard InChI is InChI=1S/C36H30N2O3/c1-24-14-16-28-10-6-12-31-34(28)37(24)23-36(38-25(2)15-17-29-11-7-13-32(41-36)35(29)38)33(40-31)22-39-30-20-18-27(19-21-30)26-8-4-3-5-9-26/h3-21,33H,22-23H2,1-2H3/q+2. The molecule has 1 spiro atoms. The first kappa shape index (κ1) is 23.9. The van der Waals surface area contributed by atoms with Gasteiger partial charge in [-0.3, -0.25) is 0 Å². The monoisotopic (exact) mass is 538 g/mol. The molecular formula is C36H30N2O3+2. The summed E-state index contributed by atoms with van der Waals surface area (Å²) in [6, 6.07) is 39.8. The highest BCUT2D eigenvalue weighted by Crippen LogP contribution is 2.40. The molecule has 200 valence electrons. The highest BCUT2D eigenvalue weighted by Gasteiger charge is 2.64. The van der Waals surface area contributed by atoms with Crippen LogP contribution in [0.4, 0.5) is 0 Å². The molecule has 2 aliphatic heterocycles. The highest BCUT2D eigenvalue weighted by molar-refractivity contribution is 5.83.